The van der Waals surface area contributed by atoms with Gasteiger partial charge >= 0.3 is 0 Å². The van der Waals surface area contributed by atoms with Gasteiger partial charge in [-0.15, -0.1) is 0 Å². The van der Waals surface area contributed by atoms with Gasteiger partial charge in [0, 0.05) is 35.3 Å². The number of hydrogen-bond acceptors (Lipinski definition) is 4. The van der Waals surface area contributed by atoms with Crippen LogP contribution in [0.3, 0.4) is 0 Å². The summed E-state index contributed by atoms with van der Waals surface area (Å²) >= 11 is 0. The Balaban J connectivity index is 0.833. The third-order valence-electron chi connectivity index (χ3n) is 14.8. The molecule has 0 fully saturated rings. The first-order valence-corrected chi connectivity index (χ1v) is 22.6. The first-order valence-electron chi connectivity index (χ1n) is 22.6. The number of fused-ring (bicyclic) bond motifs is 14. The van der Waals surface area contributed by atoms with E-state index in [1.165, 1.54) is 99.5 Å². The first-order chi connectivity index (χ1) is 31.6. The van der Waals surface area contributed by atoms with E-state index in [1.54, 1.807) is 6.20 Å². The Morgan fingerprint density at radius 2 is 1.67 bits per heavy atom. The topological polar surface area (TPSA) is 63.8 Å². The van der Waals surface area contributed by atoms with Crippen molar-refractivity contribution in [2.24, 2.45) is 5.92 Å². The lowest BCUT2D eigenvalue weighted by Gasteiger charge is -2.31. The number of nitrogens with one attached hydrogen (secondary N) is 1. The molecule has 64 heavy (non-hydrogen) atoms. The Morgan fingerprint density at radius 1 is 0.734 bits per heavy atom. The summed E-state index contributed by atoms with van der Waals surface area (Å²) < 4.78 is 0. The zero-order chi connectivity index (χ0) is 42.0. The smallest absolute Gasteiger partial charge is 0.0946 e. The van der Waals surface area contributed by atoms with Gasteiger partial charge in [0.25, 0.3) is 0 Å². The fourth-order valence-corrected chi connectivity index (χ4v) is 11.7. The number of nitrogens with two attached hydrogens (primary N) is 1. The van der Waals surface area contributed by atoms with Gasteiger partial charge in [-0.05, 0) is 161 Å². The average Bonchev–Trinajstić information content (AvgIpc) is 3.43. The Bertz CT molecular complexity index is 3650. The maximum Gasteiger partial charge on any atom is 0.0946 e. The highest BCUT2D eigenvalue weighted by Crippen LogP contribution is 2.55. The Labute approximate surface area is 371 Å². The molecule has 3 N–H and O–H groups in total. The molecule has 0 spiro atoms. The highest BCUT2D eigenvalue weighted by Gasteiger charge is 2.36. The molecule has 0 amide bonds. The molecule has 4 heteroatoms. The first kappa shape index (κ1) is 35.7. The van der Waals surface area contributed by atoms with Gasteiger partial charge < -0.3 is 11.1 Å². The molecule has 2 aromatic heterocycles. The second kappa shape index (κ2) is 13.6. The van der Waals surface area contributed by atoms with Crippen molar-refractivity contribution < 1.29 is 0 Å². The van der Waals surface area contributed by atoms with Crippen LogP contribution in [0.1, 0.15) is 68.6 Å². The Hall–Kier alpha value is -7.82. The number of nitrogens with zero attached hydrogens (tertiary/aromatic N) is 2. The maximum atomic E-state index is 6.54. The van der Waals surface area contributed by atoms with Gasteiger partial charge in [0.15, 0.2) is 0 Å². The number of nitrogen functional groups attached to an aromatic ring is 1. The van der Waals surface area contributed by atoms with Gasteiger partial charge in [-0.1, -0.05) is 133 Å². The van der Waals surface area contributed by atoms with E-state index in [1.807, 2.05) is 18.3 Å². The SMILES string of the molecule is Nc1c(/C=C\Cc2ccc3cc4c(cc3c2)CC2=CC=CC3CC2C4=Cc2c3cc3c4c(cccc24)-c2cc(C4=CC=C5C=Cc6cccnc6C5N4)ccc2-3)ccc2cccnc12. The molecule has 0 radical (unpaired) electrons. The van der Waals surface area contributed by atoms with Gasteiger partial charge in [-0.25, -0.2) is 0 Å². The van der Waals surface area contributed by atoms with E-state index in [0.29, 0.717) is 11.8 Å². The normalized spacial score (nSPS) is 19.4. The van der Waals surface area contributed by atoms with Crippen LogP contribution in [0.25, 0.3) is 84.2 Å². The van der Waals surface area contributed by atoms with Crippen LogP contribution in [0.2, 0.25) is 0 Å². The fourth-order valence-electron chi connectivity index (χ4n) is 11.7. The summed E-state index contributed by atoms with van der Waals surface area (Å²) in [7, 11) is 0. The van der Waals surface area contributed by atoms with Gasteiger partial charge in [0.05, 0.1) is 22.9 Å². The van der Waals surface area contributed by atoms with Gasteiger partial charge in [0.1, 0.15) is 0 Å². The van der Waals surface area contributed by atoms with Crippen LogP contribution in [-0.4, -0.2) is 9.97 Å². The molecule has 3 heterocycles. The van der Waals surface area contributed by atoms with Crippen LogP contribution in [0.4, 0.5) is 5.69 Å². The highest BCUT2D eigenvalue weighted by atomic mass is 15.0. The van der Waals surface area contributed by atoms with Gasteiger partial charge in [0.2, 0.25) is 0 Å². The molecule has 2 bridgehead atoms. The van der Waals surface area contributed by atoms with Crippen LogP contribution < -0.4 is 11.1 Å². The summed E-state index contributed by atoms with van der Waals surface area (Å²) in [4.78, 5) is 9.31. The van der Waals surface area contributed by atoms with Gasteiger partial charge in [-0.3, -0.25) is 9.97 Å². The van der Waals surface area contributed by atoms with E-state index >= 15 is 0 Å². The maximum absolute atomic E-state index is 6.54. The molecule has 3 atom stereocenters. The summed E-state index contributed by atoms with van der Waals surface area (Å²) in [6.45, 7) is 0. The second-order valence-electron chi connectivity index (χ2n) is 18.3. The molecule has 6 aromatic carbocycles. The van der Waals surface area contributed by atoms with Gasteiger partial charge in [-0.2, -0.15) is 0 Å². The third kappa shape index (κ3) is 5.35. The van der Waals surface area contributed by atoms with Crippen LogP contribution in [0.15, 0.2) is 175 Å². The summed E-state index contributed by atoms with van der Waals surface area (Å²) in [5, 5.41) is 10.2. The minimum Gasteiger partial charge on any atom is -0.396 e. The Kier molecular flexibility index (Phi) is 7.59. The molecule has 8 aromatic rings. The number of pyridine rings is 2. The van der Waals surface area contributed by atoms with Crippen molar-refractivity contribution >= 4 is 67.6 Å². The van der Waals surface area contributed by atoms with Crippen molar-refractivity contribution in [3.05, 3.63) is 225 Å². The summed E-state index contributed by atoms with van der Waals surface area (Å²) in [5.41, 5.74) is 30.2. The molecular weight excluding hydrogens is 777 g/mol. The highest BCUT2D eigenvalue weighted by molar-refractivity contribution is 6.18. The number of benzene rings is 6. The monoisotopic (exact) mass is 818 g/mol. The molecule has 0 saturated carbocycles. The lowest BCUT2D eigenvalue weighted by atomic mass is 9.73. The number of hydrogen-bond donors (Lipinski definition) is 2. The van der Waals surface area contributed by atoms with E-state index < -0.39 is 0 Å². The lowest BCUT2D eigenvalue weighted by molar-refractivity contribution is 0.627. The van der Waals surface area contributed by atoms with E-state index in [-0.39, 0.29) is 6.04 Å². The molecule has 302 valence electrons. The molecule has 5 aliphatic carbocycles. The summed E-state index contributed by atoms with van der Waals surface area (Å²) in [6.07, 6.45) is 29.6. The van der Waals surface area contributed by atoms with E-state index in [0.717, 1.165) is 52.8 Å². The Morgan fingerprint density at radius 3 is 2.66 bits per heavy atom. The number of anilines is 1. The van der Waals surface area contributed by atoms with Crippen molar-refractivity contribution in [3.8, 4) is 22.3 Å². The number of rotatable bonds is 4. The zero-order valence-electron chi connectivity index (χ0n) is 35.1. The van der Waals surface area contributed by atoms with E-state index in [4.69, 9.17) is 10.7 Å². The van der Waals surface area contributed by atoms with Crippen molar-refractivity contribution in [1.82, 2.24) is 15.3 Å². The zero-order valence-corrected chi connectivity index (χ0v) is 35.1. The minimum atomic E-state index is 0.0408. The molecule has 4 nitrogen and oxygen atoms in total. The van der Waals surface area contributed by atoms with E-state index in [9.17, 15) is 0 Å². The van der Waals surface area contributed by atoms with E-state index in [2.05, 4.69) is 168 Å². The summed E-state index contributed by atoms with van der Waals surface area (Å²) in [5.74, 6) is 0.708. The molecule has 3 unspecified atom stereocenters. The lowest BCUT2D eigenvalue weighted by Crippen LogP contribution is -2.26. The predicted octanol–water partition coefficient (Wildman–Crippen LogP) is 13.8. The molecule has 14 rings (SSSR count). The van der Waals surface area contributed by atoms with Crippen molar-refractivity contribution in [2.45, 2.75) is 31.2 Å². The minimum absolute atomic E-state index is 0.0408. The molecule has 6 aliphatic rings. The number of dihydropyridines is 1. The van der Waals surface area contributed by atoms with Crippen molar-refractivity contribution in [1.29, 1.82) is 0 Å². The second-order valence-corrected chi connectivity index (χ2v) is 18.3. The van der Waals surface area contributed by atoms with Crippen molar-refractivity contribution in [2.75, 3.05) is 5.73 Å². The predicted molar refractivity (Wildman–Crippen MR) is 266 cm³/mol. The van der Waals surface area contributed by atoms with Crippen LogP contribution >= 0.6 is 0 Å². The average molecular weight is 819 g/mol. The summed E-state index contributed by atoms with van der Waals surface area (Å²) in [6, 6.07) is 40.9. The third-order valence-corrected chi connectivity index (χ3v) is 14.8. The molecular formula is C60H42N4. The van der Waals surface area contributed by atoms with Crippen LogP contribution in [-0.2, 0) is 12.8 Å². The molecule has 1 aliphatic heterocycles. The molecule has 0 saturated heterocycles. The fraction of sp³-hybridized carbons (Fsp3) is 0.100. The van der Waals surface area contributed by atoms with Crippen molar-refractivity contribution in [3.63, 3.8) is 0 Å². The quantitative estimate of drug-likeness (QED) is 0.174. The van der Waals surface area contributed by atoms with Crippen LogP contribution in [0, 0.1) is 5.92 Å². The number of allylic oxidation sites excluding steroid dienone is 8. The largest absolute Gasteiger partial charge is 0.396 e. The standard InChI is InChI=1S/C60H42N4/c61-57-35(16-17-36-10-4-24-62-58(36)57)7-1-6-34-14-15-39-29-49-44(28-43(39)26-34)27-40-8-2-9-41-30-48(40)53(49)33-52-47-13-3-12-46-51-31-42(20-22-45(51)54(56(46)47)32-50(41)52)55-23-21-38-19-18-37-11-5-25-63-59(37)60(38)64-55/h1-5,7-26,28-29,31-33,41,48,60,64H,6,27,30,61H2/b7-1-. The van der Waals surface area contributed by atoms with Crippen LogP contribution in [0.5, 0.6) is 0 Å². The number of aromatic nitrogens is 2.